The van der Waals surface area contributed by atoms with Crippen LogP contribution in [0.5, 0.6) is 5.75 Å². The van der Waals surface area contributed by atoms with Gasteiger partial charge in [0.1, 0.15) is 10.6 Å². The zero-order valence-corrected chi connectivity index (χ0v) is 14.7. The largest absolute Gasteiger partial charge is 0.503 e. The summed E-state index contributed by atoms with van der Waals surface area (Å²) in [7, 11) is 0. The number of ether oxygens (including phenoxy) is 1. The Balaban J connectivity index is 1.67. The summed E-state index contributed by atoms with van der Waals surface area (Å²) in [5, 5.41) is 15.4. The van der Waals surface area contributed by atoms with Gasteiger partial charge in [0, 0.05) is 17.8 Å². The molecule has 1 fully saturated rings. The van der Waals surface area contributed by atoms with E-state index < -0.39 is 29.2 Å². The Morgan fingerprint density at radius 1 is 1.50 bits per heavy atom. The highest BCUT2D eigenvalue weighted by Gasteiger charge is 2.42. The Morgan fingerprint density at radius 2 is 2.31 bits per heavy atom. The summed E-state index contributed by atoms with van der Waals surface area (Å²) >= 11 is 1.38. The number of rotatable bonds is 3. The summed E-state index contributed by atoms with van der Waals surface area (Å²) in [6, 6.07) is -0.142. The molecule has 2 aliphatic heterocycles. The number of fused-ring (bicyclic) bond motifs is 2. The van der Waals surface area contributed by atoms with Crippen molar-refractivity contribution in [1.29, 1.82) is 0 Å². The Morgan fingerprint density at radius 3 is 3.04 bits per heavy atom. The van der Waals surface area contributed by atoms with Crippen LogP contribution >= 0.6 is 11.3 Å². The first kappa shape index (κ1) is 16.7. The van der Waals surface area contributed by atoms with E-state index in [9.17, 15) is 19.5 Å². The molecular formula is C16H16N4O5S. The van der Waals surface area contributed by atoms with E-state index >= 15 is 0 Å². The number of carbonyl (C=O) groups is 2. The molecule has 2 N–H and O–H groups in total. The van der Waals surface area contributed by atoms with Crippen molar-refractivity contribution in [1.82, 2.24) is 19.8 Å². The highest BCUT2D eigenvalue weighted by molar-refractivity contribution is 7.09. The van der Waals surface area contributed by atoms with E-state index in [0.717, 1.165) is 0 Å². The van der Waals surface area contributed by atoms with Crippen LogP contribution in [0.4, 0.5) is 0 Å². The number of nitrogens with zero attached hydrogens (tertiary/aromatic N) is 3. The van der Waals surface area contributed by atoms with Crippen LogP contribution in [-0.4, -0.2) is 50.2 Å². The van der Waals surface area contributed by atoms with Gasteiger partial charge in [-0.25, -0.2) is 4.98 Å². The molecule has 10 heteroatoms. The molecule has 2 aromatic heterocycles. The molecule has 0 radical (unpaired) electrons. The van der Waals surface area contributed by atoms with Crippen molar-refractivity contribution in [3.05, 3.63) is 44.3 Å². The second-order valence-electron chi connectivity index (χ2n) is 6.18. The smallest absolute Gasteiger partial charge is 0.276 e. The Bertz CT molecular complexity index is 939. The second kappa shape index (κ2) is 6.22. The first-order chi connectivity index (χ1) is 12.5. The summed E-state index contributed by atoms with van der Waals surface area (Å²) in [6.07, 6.45) is 2.44. The third-order valence-electron chi connectivity index (χ3n) is 4.49. The molecule has 2 aliphatic rings. The van der Waals surface area contributed by atoms with Gasteiger partial charge < -0.3 is 24.6 Å². The van der Waals surface area contributed by atoms with Crippen molar-refractivity contribution in [3.8, 4) is 5.75 Å². The van der Waals surface area contributed by atoms with E-state index in [0.29, 0.717) is 11.6 Å². The topological polar surface area (TPSA) is 114 Å². The van der Waals surface area contributed by atoms with Gasteiger partial charge in [-0.1, -0.05) is 0 Å². The van der Waals surface area contributed by atoms with E-state index in [2.05, 4.69) is 10.3 Å². The van der Waals surface area contributed by atoms with Crippen LogP contribution in [0.15, 0.2) is 22.6 Å². The van der Waals surface area contributed by atoms with Crippen molar-refractivity contribution >= 4 is 23.2 Å². The average molecular weight is 376 g/mol. The lowest BCUT2D eigenvalue weighted by Crippen LogP contribution is -2.49. The number of thiazole rings is 1. The monoisotopic (exact) mass is 376 g/mol. The van der Waals surface area contributed by atoms with Crippen LogP contribution in [0, 0.1) is 0 Å². The molecule has 9 nitrogen and oxygen atoms in total. The van der Waals surface area contributed by atoms with Crippen LogP contribution in [0.2, 0.25) is 0 Å². The quantitative estimate of drug-likeness (QED) is 0.788. The lowest BCUT2D eigenvalue weighted by atomic mass is 10.1. The maximum absolute atomic E-state index is 12.7. The van der Waals surface area contributed by atoms with E-state index in [1.54, 1.807) is 11.6 Å². The first-order valence-corrected chi connectivity index (χ1v) is 8.92. The van der Waals surface area contributed by atoms with Gasteiger partial charge in [0.2, 0.25) is 5.43 Å². The number of hydrogen-bond acceptors (Lipinski definition) is 7. The van der Waals surface area contributed by atoms with Crippen molar-refractivity contribution in [2.75, 3.05) is 6.61 Å². The third kappa shape index (κ3) is 2.58. The van der Waals surface area contributed by atoms with E-state index in [-0.39, 0.29) is 30.4 Å². The predicted molar refractivity (Wildman–Crippen MR) is 91.0 cm³/mol. The minimum Gasteiger partial charge on any atom is -0.503 e. The molecular weight excluding hydrogens is 360 g/mol. The predicted octanol–water partition coefficient (Wildman–Crippen LogP) is 0.141. The van der Waals surface area contributed by atoms with Gasteiger partial charge >= 0.3 is 0 Å². The van der Waals surface area contributed by atoms with Gasteiger partial charge in [0.15, 0.2) is 17.7 Å². The number of carbonyl (C=O) groups excluding carboxylic acids is 2. The molecule has 0 saturated carbocycles. The van der Waals surface area contributed by atoms with Gasteiger partial charge in [0.25, 0.3) is 11.8 Å². The molecule has 26 heavy (non-hydrogen) atoms. The highest BCUT2D eigenvalue weighted by atomic mass is 32.1. The zero-order valence-electron chi connectivity index (χ0n) is 13.8. The van der Waals surface area contributed by atoms with Crippen molar-refractivity contribution in [3.63, 3.8) is 0 Å². The normalized spacial score (nSPS) is 21.4. The van der Waals surface area contributed by atoms with Crippen molar-refractivity contribution < 1.29 is 19.4 Å². The molecule has 136 valence electrons. The third-order valence-corrected chi connectivity index (χ3v) is 5.27. The molecule has 0 spiro atoms. The fourth-order valence-corrected chi connectivity index (χ4v) is 3.78. The van der Waals surface area contributed by atoms with E-state index in [1.165, 1.54) is 27.0 Å². The Hall–Kier alpha value is -2.72. The van der Waals surface area contributed by atoms with Crippen LogP contribution < -0.4 is 10.7 Å². The fourth-order valence-electron chi connectivity index (χ4n) is 3.23. The van der Waals surface area contributed by atoms with E-state index in [4.69, 9.17) is 4.74 Å². The fraction of sp³-hybridized carbons (Fsp3) is 0.375. The standard InChI is InChI=1S/C16H16N4O5S/c1-8-7-25-11-6-19-5-9(15(23)18-4-10-17-2-3-26-10)13(21)14(22)12(19)16(24)20(8)11/h2-3,5,8,11,22H,4,6-7H2,1H3,(H,18,23)/t8-,11+/m0/s1. The van der Waals surface area contributed by atoms with Crippen LogP contribution in [-0.2, 0) is 17.8 Å². The molecule has 2 atom stereocenters. The zero-order chi connectivity index (χ0) is 18.4. The summed E-state index contributed by atoms with van der Waals surface area (Å²) < 4.78 is 6.99. The summed E-state index contributed by atoms with van der Waals surface area (Å²) in [5.41, 5.74) is -1.21. The summed E-state index contributed by atoms with van der Waals surface area (Å²) in [4.78, 5) is 43.0. The molecule has 0 bridgehead atoms. The molecule has 0 aromatic carbocycles. The van der Waals surface area contributed by atoms with Crippen LogP contribution in [0.25, 0.3) is 0 Å². The van der Waals surface area contributed by atoms with Gasteiger partial charge in [-0.15, -0.1) is 11.3 Å². The molecule has 0 aliphatic carbocycles. The number of pyridine rings is 1. The first-order valence-electron chi connectivity index (χ1n) is 8.04. The number of hydrogen-bond donors (Lipinski definition) is 2. The second-order valence-corrected chi connectivity index (χ2v) is 7.16. The van der Waals surface area contributed by atoms with Crippen LogP contribution in [0.1, 0.15) is 32.8 Å². The maximum atomic E-state index is 12.7. The number of amides is 2. The average Bonchev–Trinajstić information content (AvgIpc) is 3.26. The summed E-state index contributed by atoms with van der Waals surface area (Å²) in [5.74, 6) is -1.82. The SMILES string of the molecule is C[C@H]1CO[C@@H]2Cn3cc(C(=O)NCc4nccs4)c(=O)c(O)c3C(=O)N12. The number of aromatic nitrogens is 2. The van der Waals surface area contributed by atoms with E-state index in [1.807, 2.05) is 6.92 Å². The lowest BCUT2D eigenvalue weighted by Gasteiger charge is -2.33. The summed E-state index contributed by atoms with van der Waals surface area (Å²) in [6.45, 7) is 2.64. The van der Waals surface area contributed by atoms with Crippen molar-refractivity contribution in [2.24, 2.45) is 0 Å². The van der Waals surface area contributed by atoms with Crippen LogP contribution in [0.3, 0.4) is 0 Å². The molecule has 0 unspecified atom stereocenters. The highest BCUT2D eigenvalue weighted by Crippen LogP contribution is 2.29. The number of nitrogens with one attached hydrogen (secondary N) is 1. The molecule has 1 saturated heterocycles. The van der Waals surface area contributed by atoms with Gasteiger partial charge in [-0.2, -0.15) is 0 Å². The maximum Gasteiger partial charge on any atom is 0.276 e. The molecule has 2 amide bonds. The molecule has 2 aromatic rings. The molecule has 4 rings (SSSR count). The minimum atomic E-state index is -0.868. The Labute approximate surface area is 151 Å². The van der Waals surface area contributed by atoms with Gasteiger partial charge in [0.05, 0.1) is 25.7 Å². The van der Waals surface area contributed by atoms with Gasteiger partial charge in [-0.05, 0) is 6.92 Å². The molecule has 4 heterocycles. The Kier molecular flexibility index (Phi) is 4.00. The van der Waals surface area contributed by atoms with Gasteiger partial charge in [-0.3, -0.25) is 14.4 Å². The lowest BCUT2D eigenvalue weighted by molar-refractivity contribution is 0.00625. The number of aromatic hydroxyl groups is 1. The minimum absolute atomic E-state index is 0.111. The van der Waals surface area contributed by atoms with Crippen molar-refractivity contribution in [2.45, 2.75) is 32.3 Å².